The summed E-state index contributed by atoms with van der Waals surface area (Å²) < 4.78 is 0. The van der Waals surface area contributed by atoms with Crippen LogP contribution in [0.2, 0.25) is 0 Å². The molecule has 1 aliphatic heterocycles. The Hall–Kier alpha value is -1.99. The zero-order valence-electron chi connectivity index (χ0n) is 10.8. The van der Waals surface area contributed by atoms with Crippen LogP contribution in [0.25, 0.3) is 11.0 Å². The van der Waals surface area contributed by atoms with Crippen LogP contribution < -0.4 is 11.1 Å². The fourth-order valence-electron chi connectivity index (χ4n) is 2.31. The number of carbonyl (C=O) groups excluding carboxylic acids is 1. The number of carbonyl (C=O) groups is 1. The molecule has 1 unspecified atom stereocenters. The first-order valence-corrected chi connectivity index (χ1v) is 6.84. The number of rotatable bonds is 3. The molecule has 1 saturated heterocycles. The van der Waals surface area contributed by atoms with E-state index in [9.17, 15) is 4.79 Å². The Morgan fingerprint density at radius 1 is 1.45 bits per heavy atom. The van der Waals surface area contributed by atoms with E-state index in [-0.39, 0.29) is 18.5 Å². The second kappa shape index (κ2) is 5.18. The number of amides is 1. The number of thiocarbonyl (C=S) groups is 1. The van der Waals surface area contributed by atoms with E-state index in [1.807, 2.05) is 29.2 Å². The van der Waals surface area contributed by atoms with Crippen molar-refractivity contribution in [1.29, 1.82) is 0 Å². The number of aromatic nitrogens is 2. The molecule has 0 aliphatic carbocycles. The summed E-state index contributed by atoms with van der Waals surface area (Å²) in [6.07, 6.45) is 0.596. The number of hydrogen-bond acceptors (Lipinski definition) is 4. The molecule has 7 heteroatoms. The molecule has 0 saturated carbocycles. The Balaban J connectivity index is 1.69. The molecule has 3 rings (SSSR count). The molecule has 1 atom stereocenters. The Morgan fingerprint density at radius 2 is 2.25 bits per heavy atom. The number of nitrogens with zero attached hydrogens (tertiary/aromatic N) is 2. The van der Waals surface area contributed by atoms with Crippen molar-refractivity contribution < 1.29 is 4.79 Å². The minimum atomic E-state index is -0.361. The van der Waals surface area contributed by atoms with Crippen LogP contribution >= 0.6 is 12.2 Å². The van der Waals surface area contributed by atoms with Crippen molar-refractivity contribution in [2.45, 2.75) is 19.0 Å². The molecule has 104 valence electrons. The molecule has 2 aromatic rings. The highest BCUT2D eigenvalue weighted by Crippen LogP contribution is 2.12. The molecule has 4 N–H and O–H groups in total. The van der Waals surface area contributed by atoms with Crippen LogP contribution in [0.1, 0.15) is 12.2 Å². The van der Waals surface area contributed by atoms with Crippen LogP contribution in [-0.4, -0.2) is 38.6 Å². The van der Waals surface area contributed by atoms with Gasteiger partial charge < -0.3 is 20.9 Å². The van der Waals surface area contributed by atoms with Crippen molar-refractivity contribution >= 4 is 34.3 Å². The van der Waals surface area contributed by atoms with Gasteiger partial charge in [0.05, 0.1) is 23.6 Å². The summed E-state index contributed by atoms with van der Waals surface area (Å²) in [5.41, 5.74) is 7.91. The van der Waals surface area contributed by atoms with Gasteiger partial charge in [-0.2, -0.15) is 0 Å². The maximum absolute atomic E-state index is 11.3. The maximum Gasteiger partial charge on any atom is 0.229 e. The predicted molar refractivity (Wildman–Crippen MR) is 79.8 cm³/mol. The molecule has 0 bridgehead atoms. The lowest BCUT2D eigenvalue weighted by Gasteiger charge is -2.34. The van der Waals surface area contributed by atoms with E-state index in [4.69, 9.17) is 18.0 Å². The average Bonchev–Trinajstić information content (AvgIpc) is 2.80. The van der Waals surface area contributed by atoms with Crippen molar-refractivity contribution in [2.24, 2.45) is 5.73 Å². The van der Waals surface area contributed by atoms with Crippen LogP contribution in [0.15, 0.2) is 24.3 Å². The van der Waals surface area contributed by atoms with Crippen molar-refractivity contribution in [1.82, 2.24) is 20.2 Å². The molecule has 2 heterocycles. The highest BCUT2D eigenvalue weighted by Gasteiger charge is 2.26. The highest BCUT2D eigenvalue weighted by atomic mass is 32.1. The maximum atomic E-state index is 11.3. The van der Waals surface area contributed by atoms with Gasteiger partial charge in [0.15, 0.2) is 5.11 Å². The summed E-state index contributed by atoms with van der Waals surface area (Å²) in [5, 5.41) is 3.02. The molecule has 0 radical (unpaired) electrons. The summed E-state index contributed by atoms with van der Waals surface area (Å²) in [4.78, 5) is 20.9. The van der Waals surface area contributed by atoms with Gasteiger partial charge >= 0.3 is 0 Å². The lowest BCUT2D eigenvalue weighted by molar-refractivity contribution is -0.121. The zero-order chi connectivity index (χ0) is 14.1. The quantitative estimate of drug-likeness (QED) is 0.716. The van der Waals surface area contributed by atoms with Crippen LogP contribution in [0.5, 0.6) is 0 Å². The van der Waals surface area contributed by atoms with Crippen molar-refractivity contribution in [3.8, 4) is 0 Å². The summed E-state index contributed by atoms with van der Waals surface area (Å²) in [7, 11) is 0. The third-order valence-electron chi connectivity index (χ3n) is 3.33. The van der Waals surface area contributed by atoms with Crippen molar-refractivity contribution in [3.63, 3.8) is 0 Å². The van der Waals surface area contributed by atoms with Crippen LogP contribution in [0.4, 0.5) is 0 Å². The van der Waals surface area contributed by atoms with Gasteiger partial charge in [-0.3, -0.25) is 4.79 Å². The first kappa shape index (κ1) is 13.0. The van der Waals surface area contributed by atoms with Gasteiger partial charge in [-0.25, -0.2) is 4.98 Å². The molecule has 1 aromatic carbocycles. The molecule has 6 nitrogen and oxygen atoms in total. The fraction of sp³-hybridized carbons (Fsp3) is 0.308. The number of aromatic amines is 1. The lowest BCUT2D eigenvalue weighted by atomic mass is 10.2. The molecule has 1 aliphatic rings. The predicted octanol–water partition coefficient (Wildman–Crippen LogP) is 0.497. The van der Waals surface area contributed by atoms with Gasteiger partial charge in [0, 0.05) is 13.0 Å². The van der Waals surface area contributed by atoms with Gasteiger partial charge in [0.2, 0.25) is 5.91 Å². The van der Waals surface area contributed by atoms with E-state index in [1.165, 1.54) is 0 Å². The average molecular weight is 289 g/mol. The van der Waals surface area contributed by atoms with Crippen LogP contribution in [0.3, 0.4) is 0 Å². The third kappa shape index (κ3) is 2.50. The summed E-state index contributed by atoms with van der Waals surface area (Å²) in [6, 6.07) is 7.88. The number of benzene rings is 1. The van der Waals surface area contributed by atoms with Crippen molar-refractivity contribution in [2.75, 3.05) is 6.54 Å². The molecule has 0 spiro atoms. The molecular weight excluding hydrogens is 274 g/mol. The summed E-state index contributed by atoms with van der Waals surface area (Å²) in [5.74, 6) is 0.764. The second-order valence-corrected chi connectivity index (χ2v) is 5.16. The Morgan fingerprint density at radius 3 is 3.00 bits per heavy atom. The Labute approximate surface area is 121 Å². The number of nitrogens with one attached hydrogen (secondary N) is 2. The standard InChI is InChI=1S/C13H15N5OS/c14-10-7-12(19)17-13(20)18(10)6-5-11-15-8-3-1-2-4-9(8)16-11/h1-4,10H,5-7,14H2,(H,15,16)(H,17,19,20). The second-order valence-electron chi connectivity index (χ2n) is 4.77. The van der Waals surface area contributed by atoms with Gasteiger partial charge in [-0.15, -0.1) is 0 Å². The van der Waals surface area contributed by atoms with Gasteiger partial charge in [0.25, 0.3) is 0 Å². The van der Waals surface area contributed by atoms with Gasteiger partial charge in [-0.05, 0) is 24.4 Å². The fourth-order valence-corrected chi connectivity index (χ4v) is 2.65. The van der Waals surface area contributed by atoms with E-state index in [2.05, 4.69) is 15.3 Å². The number of hydrogen-bond donors (Lipinski definition) is 3. The van der Waals surface area contributed by atoms with Crippen molar-refractivity contribution in [3.05, 3.63) is 30.1 Å². The molecule has 1 aromatic heterocycles. The van der Waals surface area contributed by atoms with E-state index in [0.717, 1.165) is 16.9 Å². The topological polar surface area (TPSA) is 87.0 Å². The van der Waals surface area contributed by atoms with Gasteiger partial charge in [-0.1, -0.05) is 12.1 Å². The number of fused-ring (bicyclic) bond motifs is 1. The molecular formula is C13H15N5OS. The molecule has 1 amide bonds. The Bertz CT molecular complexity index is 635. The first-order valence-electron chi connectivity index (χ1n) is 6.43. The summed E-state index contributed by atoms with van der Waals surface area (Å²) >= 11 is 5.14. The lowest BCUT2D eigenvalue weighted by Crippen LogP contribution is -2.58. The zero-order valence-corrected chi connectivity index (χ0v) is 11.6. The smallest absolute Gasteiger partial charge is 0.229 e. The van der Waals surface area contributed by atoms with E-state index >= 15 is 0 Å². The number of imidazole rings is 1. The molecule has 1 fully saturated rings. The summed E-state index contributed by atoms with van der Waals surface area (Å²) in [6.45, 7) is 0.625. The van der Waals surface area contributed by atoms with Crippen LogP contribution in [-0.2, 0) is 11.2 Å². The number of nitrogens with two attached hydrogens (primary N) is 1. The Kier molecular flexibility index (Phi) is 3.37. The van der Waals surface area contributed by atoms with E-state index < -0.39 is 0 Å². The SMILES string of the molecule is NC1CC(=O)NC(=S)N1CCc1nc2ccccc2[nH]1. The first-order chi connectivity index (χ1) is 9.63. The highest BCUT2D eigenvalue weighted by molar-refractivity contribution is 7.80. The third-order valence-corrected chi connectivity index (χ3v) is 3.67. The van der Waals surface area contributed by atoms with Crippen LogP contribution in [0, 0.1) is 0 Å². The minimum absolute atomic E-state index is 0.123. The number of H-pyrrole nitrogens is 1. The van der Waals surface area contributed by atoms with E-state index in [0.29, 0.717) is 18.1 Å². The monoisotopic (exact) mass is 289 g/mol. The molecule has 20 heavy (non-hydrogen) atoms. The van der Waals surface area contributed by atoms with Gasteiger partial charge in [0.1, 0.15) is 5.82 Å². The number of para-hydroxylation sites is 2. The largest absolute Gasteiger partial charge is 0.342 e. The minimum Gasteiger partial charge on any atom is -0.342 e. The normalized spacial score (nSPS) is 19.4. The van der Waals surface area contributed by atoms with E-state index in [1.54, 1.807) is 0 Å².